The first-order valence-electron chi connectivity index (χ1n) is 12.1. The fourth-order valence-electron chi connectivity index (χ4n) is 4.17. The molecule has 11 nitrogen and oxygen atoms in total. The van der Waals surface area contributed by atoms with Gasteiger partial charge >= 0.3 is 6.03 Å². The summed E-state index contributed by atoms with van der Waals surface area (Å²) in [4.78, 5) is 20.6. The van der Waals surface area contributed by atoms with Crippen LogP contribution in [-0.2, 0) is 21.3 Å². The minimum absolute atomic E-state index is 0.0364. The molecule has 0 aliphatic carbocycles. The first-order chi connectivity index (χ1) is 17.5. The molecule has 5 atom stereocenters. The van der Waals surface area contributed by atoms with E-state index in [1.54, 1.807) is 6.07 Å². The van der Waals surface area contributed by atoms with Crippen molar-refractivity contribution < 1.29 is 24.3 Å². The van der Waals surface area contributed by atoms with Crippen LogP contribution in [0, 0.1) is 0 Å². The van der Waals surface area contributed by atoms with Crippen LogP contribution in [0.25, 0.3) is 11.2 Å². The van der Waals surface area contributed by atoms with E-state index in [4.69, 9.17) is 10.5 Å². The number of rotatable bonds is 8. The maximum Gasteiger partial charge on any atom is 0.319 e. The second-order valence-electron chi connectivity index (χ2n) is 10.1. The van der Waals surface area contributed by atoms with Crippen LogP contribution in [-0.4, -0.2) is 71.7 Å². The SMILES string of the molecule is CC(C)(C)c1ccc(NC(=O)NCCC[S+]([O-])C[C@H]2O[C@@H](n3cnc4c(N)ccnc43)[C@H](O)[C@@H]2O)cc1. The quantitative estimate of drug-likeness (QED) is 0.217. The fourth-order valence-corrected chi connectivity index (χ4v) is 5.44. The van der Waals surface area contributed by atoms with Crippen LogP contribution in [0.3, 0.4) is 0 Å². The molecule has 1 aliphatic rings. The van der Waals surface area contributed by atoms with Gasteiger partial charge in [-0.2, -0.15) is 0 Å². The van der Waals surface area contributed by atoms with Gasteiger partial charge in [0.2, 0.25) is 0 Å². The Hall–Kier alpha value is -2.90. The highest BCUT2D eigenvalue weighted by atomic mass is 32.2. The highest BCUT2D eigenvalue weighted by Crippen LogP contribution is 2.33. The molecule has 1 unspecified atom stereocenters. The van der Waals surface area contributed by atoms with E-state index >= 15 is 0 Å². The number of nitrogens with zero attached hydrogens (tertiary/aromatic N) is 3. The summed E-state index contributed by atoms with van der Waals surface area (Å²) in [7, 11) is 0. The average Bonchev–Trinajstić information content (AvgIpc) is 3.39. The lowest BCUT2D eigenvalue weighted by Crippen LogP contribution is -2.36. The summed E-state index contributed by atoms with van der Waals surface area (Å²) in [6, 6.07) is 8.98. The van der Waals surface area contributed by atoms with Crippen molar-refractivity contribution in [3.63, 3.8) is 0 Å². The number of imidazole rings is 1. The third kappa shape index (κ3) is 6.33. The number of amides is 2. The topological polar surface area (TPSA) is 171 Å². The predicted octanol–water partition coefficient (Wildman–Crippen LogP) is 1.89. The van der Waals surface area contributed by atoms with Crippen molar-refractivity contribution in [3.05, 3.63) is 48.4 Å². The molecule has 1 fully saturated rings. The smallest absolute Gasteiger partial charge is 0.319 e. The molecular weight excluding hydrogens is 496 g/mol. The number of fused-ring (bicyclic) bond motifs is 1. The standard InChI is InChI=1S/C25H34N6O5S/c1-25(2,3)15-5-7-16(8-6-15)30-24(34)28-10-4-12-37(35)13-18-20(32)21(33)23(36-18)31-14-29-19-17(26)9-11-27-22(19)31/h5-9,11,14,18,20-21,23,32-33H,4,10,12-13H2,1-3H3,(H2,26,27)(H2,28,30,34)/t18-,20-,21-,23-,37?/m1/s1. The van der Waals surface area contributed by atoms with Gasteiger partial charge in [0.15, 0.2) is 11.9 Å². The summed E-state index contributed by atoms with van der Waals surface area (Å²) in [5.41, 5.74) is 9.16. The minimum Gasteiger partial charge on any atom is -0.616 e. The van der Waals surface area contributed by atoms with Crippen LogP contribution in [0.1, 0.15) is 39.0 Å². The zero-order valence-corrected chi connectivity index (χ0v) is 21.9. The summed E-state index contributed by atoms with van der Waals surface area (Å²) in [6.07, 6.45) is -0.772. The minimum atomic E-state index is -1.33. The lowest BCUT2D eigenvalue weighted by atomic mass is 9.87. The maximum atomic E-state index is 12.6. The van der Waals surface area contributed by atoms with Crippen LogP contribution >= 0.6 is 0 Å². The number of nitrogens with one attached hydrogen (secondary N) is 2. The lowest BCUT2D eigenvalue weighted by Gasteiger charge is -2.19. The second-order valence-corrected chi connectivity index (χ2v) is 11.8. The molecule has 1 aliphatic heterocycles. The van der Waals surface area contributed by atoms with Crippen LogP contribution in [0.5, 0.6) is 0 Å². The number of nitrogen functional groups attached to an aromatic ring is 1. The molecule has 0 saturated carbocycles. The number of carbonyl (C=O) groups is 1. The van der Waals surface area contributed by atoms with Crippen LogP contribution in [0.2, 0.25) is 0 Å². The van der Waals surface area contributed by atoms with Gasteiger partial charge in [-0.15, -0.1) is 0 Å². The molecule has 37 heavy (non-hydrogen) atoms. The van der Waals surface area contributed by atoms with Crippen molar-refractivity contribution in [1.29, 1.82) is 0 Å². The van der Waals surface area contributed by atoms with Crippen molar-refractivity contribution in [2.24, 2.45) is 0 Å². The van der Waals surface area contributed by atoms with Gasteiger partial charge in [0.1, 0.15) is 35.3 Å². The van der Waals surface area contributed by atoms with Gasteiger partial charge < -0.3 is 35.9 Å². The molecule has 2 amide bonds. The molecule has 6 N–H and O–H groups in total. The third-order valence-corrected chi connectivity index (χ3v) is 7.74. The zero-order valence-electron chi connectivity index (χ0n) is 21.1. The van der Waals surface area contributed by atoms with Crippen molar-refractivity contribution in [2.75, 3.05) is 29.1 Å². The van der Waals surface area contributed by atoms with Crippen LogP contribution in [0.4, 0.5) is 16.2 Å². The Morgan fingerprint density at radius 2 is 1.92 bits per heavy atom. The number of ether oxygens (including phenoxy) is 1. The maximum absolute atomic E-state index is 12.6. The number of hydrogen-bond acceptors (Lipinski definition) is 8. The molecule has 3 aromatic rings. The van der Waals surface area contributed by atoms with Gasteiger partial charge in [-0.3, -0.25) is 4.57 Å². The Bertz CT molecular complexity index is 1210. The normalized spacial score (nSPS) is 22.8. The van der Waals surface area contributed by atoms with E-state index in [2.05, 4.69) is 41.4 Å². The number of aliphatic hydroxyl groups excluding tert-OH is 2. The molecule has 4 rings (SSSR count). The van der Waals surface area contributed by atoms with Gasteiger partial charge in [-0.05, 0) is 29.2 Å². The largest absolute Gasteiger partial charge is 0.616 e. The third-order valence-electron chi connectivity index (χ3n) is 6.30. The highest BCUT2D eigenvalue weighted by molar-refractivity contribution is 7.91. The fraction of sp³-hybridized carbons (Fsp3) is 0.480. The molecule has 0 bridgehead atoms. The van der Waals surface area contributed by atoms with E-state index in [1.165, 1.54) is 22.7 Å². The van der Waals surface area contributed by atoms with Gasteiger partial charge in [0.05, 0.1) is 12.0 Å². The van der Waals surface area contributed by atoms with Crippen molar-refractivity contribution in [3.8, 4) is 0 Å². The van der Waals surface area contributed by atoms with E-state index in [1.807, 2.05) is 24.3 Å². The highest BCUT2D eigenvalue weighted by Gasteiger charge is 2.46. The number of pyridine rings is 1. The predicted molar refractivity (Wildman–Crippen MR) is 143 cm³/mol. The molecule has 3 heterocycles. The molecule has 0 radical (unpaired) electrons. The molecular formula is C25H34N6O5S. The Balaban J connectivity index is 1.21. The molecule has 1 aromatic carbocycles. The van der Waals surface area contributed by atoms with Crippen molar-refractivity contribution in [2.45, 2.75) is 57.1 Å². The summed E-state index contributed by atoms with van der Waals surface area (Å²) >= 11 is -1.33. The monoisotopic (exact) mass is 530 g/mol. The number of aromatic nitrogens is 3. The van der Waals surface area contributed by atoms with Crippen LogP contribution < -0.4 is 16.4 Å². The molecule has 0 spiro atoms. The van der Waals surface area contributed by atoms with E-state index < -0.39 is 35.7 Å². The van der Waals surface area contributed by atoms with E-state index in [9.17, 15) is 19.6 Å². The van der Waals surface area contributed by atoms with E-state index in [0.717, 1.165) is 0 Å². The zero-order chi connectivity index (χ0) is 26.7. The molecule has 200 valence electrons. The van der Waals surface area contributed by atoms with Gasteiger partial charge in [0.25, 0.3) is 0 Å². The van der Waals surface area contributed by atoms with E-state index in [-0.39, 0.29) is 17.2 Å². The van der Waals surface area contributed by atoms with Crippen LogP contribution in [0.15, 0.2) is 42.9 Å². The Morgan fingerprint density at radius 3 is 2.62 bits per heavy atom. The Kier molecular flexibility index (Phi) is 8.24. The summed E-state index contributed by atoms with van der Waals surface area (Å²) in [5.74, 6) is 0.350. The van der Waals surface area contributed by atoms with Crippen molar-refractivity contribution >= 4 is 39.7 Å². The number of carbonyl (C=O) groups excluding carboxylic acids is 1. The first-order valence-corrected chi connectivity index (χ1v) is 13.6. The number of nitrogens with two attached hydrogens (primary N) is 1. The summed E-state index contributed by atoms with van der Waals surface area (Å²) < 4.78 is 20.0. The number of aliphatic hydroxyl groups is 2. The van der Waals surface area contributed by atoms with Gasteiger partial charge in [-0.1, -0.05) is 44.1 Å². The average molecular weight is 531 g/mol. The Morgan fingerprint density at radius 1 is 1.19 bits per heavy atom. The lowest BCUT2D eigenvalue weighted by molar-refractivity contribution is -0.0292. The number of benzene rings is 1. The number of anilines is 2. The molecule has 1 saturated heterocycles. The molecule has 12 heteroatoms. The van der Waals surface area contributed by atoms with Gasteiger partial charge in [-0.25, -0.2) is 14.8 Å². The van der Waals surface area contributed by atoms with E-state index in [0.29, 0.717) is 41.3 Å². The van der Waals surface area contributed by atoms with Gasteiger partial charge in [0, 0.05) is 24.8 Å². The first kappa shape index (κ1) is 27.1. The number of urea groups is 1. The second kappa shape index (κ2) is 11.2. The Labute approximate surface area is 218 Å². The van der Waals surface area contributed by atoms with Crippen molar-refractivity contribution in [1.82, 2.24) is 19.9 Å². The summed E-state index contributed by atoms with van der Waals surface area (Å²) in [6.45, 7) is 6.72. The molecule has 2 aromatic heterocycles. The number of hydrogen-bond donors (Lipinski definition) is 5. The summed E-state index contributed by atoms with van der Waals surface area (Å²) in [5, 5.41) is 26.6.